The number of aliphatic carboxylic acids is 1. The van der Waals surface area contributed by atoms with Crippen molar-refractivity contribution < 1.29 is 19.5 Å². The Morgan fingerprint density at radius 2 is 1.70 bits per heavy atom. The first-order valence-electron chi connectivity index (χ1n) is 6.68. The number of unbranched alkanes of at least 4 members (excludes halogenated alkanes) is 1. The molecular formula is C15H19NO4. The number of carbonyl (C=O) groups excluding carboxylic acids is 2. The molecule has 0 radical (unpaired) electrons. The van der Waals surface area contributed by atoms with E-state index in [9.17, 15) is 14.4 Å². The van der Waals surface area contributed by atoms with Crippen molar-refractivity contribution in [2.45, 2.75) is 39.0 Å². The van der Waals surface area contributed by atoms with Crippen molar-refractivity contribution in [3.8, 4) is 0 Å². The lowest BCUT2D eigenvalue weighted by molar-refractivity contribution is -0.137. The highest BCUT2D eigenvalue weighted by molar-refractivity contribution is 5.98. The fourth-order valence-electron chi connectivity index (χ4n) is 1.67. The summed E-state index contributed by atoms with van der Waals surface area (Å²) in [6.07, 6.45) is 2.10. The molecule has 0 heterocycles. The Balaban J connectivity index is 2.53. The lowest BCUT2D eigenvalue weighted by Gasteiger charge is -2.05. The molecule has 0 spiro atoms. The molecular weight excluding hydrogens is 258 g/mol. The topological polar surface area (TPSA) is 83.5 Å². The van der Waals surface area contributed by atoms with Gasteiger partial charge in [-0.2, -0.15) is 0 Å². The monoisotopic (exact) mass is 277 g/mol. The molecule has 0 aliphatic heterocycles. The summed E-state index contributed by atoms with van der Waals surface area (Å²) in [7, 11) is 0. The molecule has 1 amide bonds. The zero-order valence-electron chi connectivity index (χ0n) is 11.5. The van der Waals surface area contributed by atoms with Crippen molar-refractivity contribution in [3.05, 3.63) is 29.8 Å². The van der Waals surface area contributed by atoms with Crippen molar-refractivity contribution in [2.24, 2.45) is 0 Å². The maximum Gasteiger partial charge on any atom is 0.303 e. The molecule has 0 saturated carbocycles. The molecule has 1 aromatic rings. The van der Waals surface area contributed by atoms with E-state index in [1.165, 1.54) is 0 Å². The Morgan fingerprint density at radius 3 is 2.25 bits per heavy atom. The first-order valence-corrected chi connectivity index (χ1v) is 6.68. The van der Waals surface area contributed by atoms with Crippen LogP contribution in [0.2, 0.25) is 0 Å². The van der Waals surface area contributed by atoms with Crippen LogP contribution in [0.5, 0.6) is 0 Å². The Labute approximate surface area is 118 Å². The van der Waals surface area contributed by atoms with Crippen LogP contribution in [-0.2, 0) is 9.59 Å². The van der Waals surface area contributed by atoms with Gasteiger partial charge in [0.15, 0.2) is 5.78 Å². The highest BCUT2D eigenvalue weighted by atomic mass is 16.4. The minimum atomic E-state index is -0.988. The number of rotatable bonds is 8. The van der Waals surface area contributed by atoms with E-state index in [0.717, 1.165) is 12.8 Å². The Morgan fingerprint density at radius 1 is 1.05 bits per heavy atom. The van der Waals surface area contributed by atoms with E-state index in [0.29, 0.717) is 17.7 Å². The second-order valence-corrected chi connectivity index (χ2v) is 4.55. The molecule has 5 nitrogen and oxygen atoms in total. The zero-order valence-corrected chi connectivity index (χ0v) is 11.5. The summed E-state index contributed by atoms with van der Waals surface area (Å²) < 4.78 is 0. The van der Waals surface area contributed by atoms with Crippen LogP contribution < -0.4 is 5.32 Å². The number of amides is 1. The molecule has 20 heavy (non-hydrogen) atoms. The van der Waals surface area contributed by atoms with Crippen LogP contribution in [0.3, 0.4) is 0 Å². The Bertz CT molecular complexity index is 479. The van der Waals surface area contributed by atoms with Crippen LogP contribution in [0.25, 0.3) is 0 Å². The predicted molar refractivity (Wildman–Crippen MR) is 75.8 cm³/mol. The van der Waals surface area contributed by atoms with Gasteiger partial charge < -0.3 is 10.4 Å². The molecule has 0 unspecified atom stereocenters. The molecule has 1 aromatic carbocycles. The van der Waals surface area contributed by atoms with Crippen LogP contribution in [0.4, 0.5) is 5.69 Å². The molecule has 0 atom stereocenters. The SMILES string of the molecule is CCCCC(=O)Nc1ccc(C(=O)CCC(=O)O)cc1. The van der Waals surface area contributed by atoms with Gasteiger partial charge in [0, 0.05) is 24.1 Å². The summed E-state index contributed by atoms with van der Waals surface area (Å²) in [6.45, 7) is 2.02. The van der Waals surface area contributed by atoms with E-state index >= 15 is 0 Å². The van der Waals surface area contributed by atoms with Crippen LogP contribution in [-0.4, -0.2) is 22.8 Å². The van der Waals surface area contributed by atoms with Crippen molar-refractivity contribution in [3.63, 3.8) is 0 Å². The number of nitrogens with one attached hydrogen (secondary N) is 1. The normalized spacial score (nSPS) is 10.1. The number of carboxylic acids is 1. The Hall–Kier alpha value is -2.17. The summed E-state index contributed by atoms with van der Waals surface area (Å²) in [4.78, 5) is 33.6. The summed E-state index contributed by atoms with van der Waals surface area (Å²) >= 11 is 0. The van der Waals surface area contributed by atoms with Gasteiger partial charge in [-0.15, -0.1) is 0 Å². The summed E-state index contributed by atoms with van der Waals surface area (Å²) in [5.74, 6) is -1.24. The lowest BCUT2D eigenvalue weighted by atomic mass is 10.1. The number of Topliss-reactive ketones (excluding diaryl/α,β-unsaturated/α-hetero) is 1. The van der Waals surface area contributed by atoms with E-state index in [1.54, 1.807) is 24.3 Å². The standard InChI is InChI=1S/C15H19NO4/c1-2-3-4-14(18)16-12-7-5-11(6-8-12)13(17)9-10-15(19)20/h5-8H,2-4,9-10H2,1H3,(H,16,18)(H,19,20). The number of carbonyl (C=O) groups is 3. The van der Waals surface area contributed by atoms with Gasteiger partial charge in [-0.3, -0.25) is 14.4 Å². The van der Waals surface area contributed by atoms with E-state index in [1.807, 2.05) is 6.92 Å². The smallest absolute Gasteiger partial charge is 0.303 e. The predicted octanol–water partition coefficient (Wildman–Crippen LogP) is 2.86. The molecule has 0 aliphatic rings. The molecule has 2 N–H and O–H groups in total. The van der Waals surface area contributed by atoms with Crippen molar-refractivity contribution in [2.75, 3.05) is 5.32 Å². The van der Waals surface area contributed by atoms with E-state index in [-0.39, 0.29) is 24.5 Å². The number of anilines is 1. The lowest BCUT2D eigenvalue weighted by Crippen LogP contribution is -2.11. The van der Waals surface area contributed by atoms with Gasteiger partial charge in [0.2, 0.25) is 5.91 Å². The van der Waals surface area contributed by atoms with Crippen LogP contribution >= 0.6 is 0 Å². The summed E-state index contributed by atoms with van der Waals surface area (Å²) in [5, 5.41) is 11.3. The van der Waals surface area contributed by atoms with E-state index in [4.69, 9.17) is 5.11 Å². The third-order valence-corrected chi connectivity index (χ3v) is 2.81. The quantitative estimate of drug-likeness (QED) is 0.716. The molecule has 5 heteroatoms. The highest BCUT2D eigenvalue weighted by Crippen LogP contribution is 2.12. The van der Waals surface area contributed by atoms with Crippen LogP contribution in [0.15, 0.2) is 24.3 Å². The van der Waals surface area contributed by atoms with Gasteiger partial charge in [-0.05, 0) is 30.7 Å². The van der Waals surface area contributed by atoms with Gasteiger partial charge >= 0.3 is 5.97 Å². The molecule has 1 rings (SSSR count). The third kappa shape index (κ3) is 5.65. The number of ketones is 1. The van der Waals surface area contributed by atoms with Crippen LogP contribution in [0.1, 0.15) is 49.4 Å². The van der Waals surface area contributed by atoms with E-state index in [2.05, 4.69) is 5.32 Å². The number of benzene rings is 1. The molecule has 0 aromatic heterocycles. The zero-order chi connectivity index (χ0) is 15.0. The maximum atomic E-state index is 11.7. The molecule has 108 valence electrons. The average Bonchev–Trinajstić information content (AvgIpc) is 2.43. The highest BCUT2D eigenvalue weighted by Gasteiger charge is 2.08. The van der Waals surface area contributed by atoms with Gasteiger partial charge in [-0.25, -0.2) is 0 Å². The largest absolute Gasteiger partial charge is 0.481 e. The third-order valence-electron chi connectivity index (χ3n) is 2.81. The van der Waals surface area contributed by atoms with Crippen molar-refractivity contribution in [1.29, 1.82) is 0 Å². The minimum Gasteiger partial charge on any atom is -0.481 e. The van der Waals surface area contributed by atoms with Crippen molar-refractivity contribution >= 4 is 23.3 Å². The van der Waals surface area contributed by atoms with Gasteiger partial charge in [0.1, 0.15) is 0 Å². The number of hydrogen-bond donors (Lipinski definition) is 2. The second-order valence-electron chi connectivity index (χ2n) is 4.55. The minimum absolute atomic E-state index is 0.0163. The fraction of sp³-hybridized carbons (Fsp3) is 0.400. The number of hydrogen-bond acceptors (Lipinski definition) is 3. The fourth-order valence-corrected chi connectivity index (χ4v) is 1.67. The van der Waals surface area contributed by atoms with Gasteiger partial charge in [0.25, 0.3) is 0 Å². The Kier molecular flexibility index (Phi) is 6.43. The van der Waals surface area contributed by atoms with E-state index < -0.39 is 5.97 Å². The molecule has 0 aliphatic carbocycles. The van der Waals surface area contributed by atoms with Crippen LogP contribution in [0, 0.1) is 0 Å². The average molecular weight is 277 g/mol. The first-order chi connectivity index (χ1) is 9.52. The molecule has 0 saturated heterocycles. The van der Waals surface area contributed by atoms with Gasteiger partial charge in [-0.1, -0.05) is 13.3 Å². The molecule has 0 fully saturated rings. The van der Waals surface area contributed by atoms with Gasteiger partial charge in [0.05, 0.1) is 6.42 Å². The number of carboxylic acid groups (broad SMARTS) is 1. The molecule has 0 bridgehead atoms. The van der Waals surface area contributed by atoms with Crippen molar-refractivity contribution in [1.82, 2.24) is 0 Å². The summed E-state index contributed by atoms with van der Waals surface area (Å²) in [5.41, 5.74) is 1.10. The second kappa shape index (κ2) is 8.09. The first kappa shape index (κ1) is 15.9. The maximum absolute atomic E-state index is 11.7. The summed E-state index contributed by atoms with van der Waals surface area (Å²) in [6, 6.07) is 6.49.